The average Bonchev–Trinajstić information content (AvgIpc) is 2.55. The molecule has 0 fully saturated rings. The highest BCUT2D eigenvalue weighted by atomic mass is 35.5. The van der Waals surface area contributed by atoms with Crippen molar-refractivity contribution in [2.75, 3.05) is 13.2 Å². The molecule has 0 unspecified atom stereocenters. The van der Waals surface area contributed by atoms with Gasteiger partial charge in [-0.25, -0.2) is 9.59 Å². The highest BCUT2D eigenvalue weighted by molar-refractivity contribution is 6.35. The van der Waals surface area contributed by atoms with Crippen molar-refractivity contribution in [2.24, 2.45) is 0 Å². The second-order valence-electron chi connectivity index (χ2n) is 4.58. The van der Waals surface area contributed by atoms with Crippen LogP contribution in [0.15, 0.2) is 42.5 Å². The van der Waals surface area contributed by atoms with Crippen LogP contribution in [0.5, 0.6) is 11.5 Å². The first kappa shape index (κ1) is 18.1. The third kappa shape index (κ3) is 5.15. The van der Waals surface area contributed by atoms with Gasteiger partial charge in [-0.2, -0.15) is 0 Å². The van der Waals surface area contributed by atoms with E-state index in [9.17, 15) is 9.59 Å². The molecule has 0 radical (unpaired) electrons. The summed E-state index contributed by atoms with van der Waals surface area (Å²) in [7, 11) is 0. The van der Waals surface area contributed by atoms with Crippen molar-refractivity contribution in [3.63, 3.8) is 0 Å². The van der Waals surface area contributed by atoms with E-state index in [2.05, 4.69) is 0 Å². The van der Waals surface area contributed by atoms with Crippen LogP contribution in [0.1, 0.15) is 17.3 Å². The highest BCUT2D eigenvalue weighted by Gasteiger charge is 2.10. The van der Waals surface area contributed by atoms with Crippen molar-refractivity contribution >= 4 is 35.1 Å². The summed E-state index contributed by atoms with van der Waals surface area (Å²) in [5.74, 6) is -0.421. The number of rotatable bonds is 6. The van der Waals surface area contributed by atoms with Crippen molar-refractivity contribution in [3.8, 4) is 11.5 Å². The third-order valence-electron chi connectivity index (χ3n) is 2.84. The Kier molecular flexibility index (Phi) is 6.46. The molecule has 0 aromatic heterocycles. The van der Waals surface area contributed by atoms with Gasteiger partial charge in [0, 0.05) is 5.02 Å². The predicted octanol–water partition coefficient (Wildman–Crippen LogP) is 4.15. The molecule has 0 heterocycles. The van der Waals surface area contributed by atoms with Crippen LogP contribution in [0.4, 0.5) is 0 Å². The number of esters is 2. The molecule has 0 saturated heterocycles. The fourth-order valence-corrected chi connectivity index (χ4v) is 2.23. The molecule has 0 N–H and O–H groups in total. The molecule has 0 spiro atoms. The topological polar surface area (TPSA) is 61.8 Å². The molecule has 7 heteroatoms. The zero-order chi connectivity index (χ0) is 17.5. The Morgan fingerprint density at radius 1 is 1.04 bits per heavy atom. The van der Waals surface area contributed by atoms with Crippen LogP contribution in [0.2, 0.25) is 10.0 Å². The maximum Gasteiger partial charge on any atom is 0.349 e. The lowest BCUT2D eigenvalue weighted by molar-refractivity contribution is -0.136. The van der Waals surface area contributed by atoms with Crippen LogP contribution in [-0.2, 0) is 9.53 Å². The molecule has 0 aliphatic rings. The fourth-order valence-electron chi connectivity index (χ4n) is 1.76. The minimum absolute atomic E-state index is 0.291. The summed E-state index contributed by atoms with van der Waals surface area (Å²) in [6.45, 7) is 1.70. The Balaban J connectivity index is 1.89. The second kappa shape index (κ2) is 8.57. The number of hydrogen-bond acceptors (Lipinski definition) is 5. The predicted molar refractivity (Wildman–Crippen MR) is 90.0 cm³/mol. The zero-order valence-electron chi connectivity index (χ0n) is 12.8. The van der Waals surface area contributed by atoms with Crippen LogP contribution in [-0.4, -0.2) is 25.2 Å². The van der Waals surface area contributed by atoms with Gasteiger partial charge in [0.15, 0.2) is 6.61 Å². The second-order valence-corrected chi connectivity index (χ2v) is 5.43. The van der Waals surface area contributed by atoms with Gasteiger partial charge in [0.1, 0.15) is 11.5 Å². The summed E-state index contributed by atoms with van der Waals surface area (Å²) in [6.07, 6.45) is 0. The lowest BCUT2D eigenvalue weighted by Gasteiger charge is -2.08. The van der Waals surface area contributed by atoms with E-state index < -0.39 is 11.9 Å². The van der Waals surface area contributed by atoms with Crippen molar-refractivity contribution in [1.82, 2.24) is 0 Å². The molecule has 126 valence electrons. The minimum atomic E-state index is -0.607. The molecule has 2 aromatic rings. The molecule has 2 rings (SSSR count). The Hall–Kier alpha value is -2.24. The van der Waals surface area contributed by atoms with Crippen LogP contribution in [0.25, 0.3) is 0 Å². The van der Waals surface area contributed by atoms with Crippen molar-refractivity contribution < 1.29 is 23.8 Å². The first-order chi connectivity index (χ1) is 11.5. The first-order valence-corrected chi connectivity index (χ1v) is 7.81. The smallest absolute Gasteiger partial charge is 0.349 e. The molecule has 0 aliphatic carbocycles. The van der Waals surface area contributed by atoms with E-state index in [0.29, 0.717) is 33.7 Å². The summed E-state index contributed by atoms with van der Waals surface area (Å²) in [4.78, 5) is 23.3. The van der Waals surface area contributed by atoms with E-state index >= 15 is 0 Å². The Morgan fingerprint density at radius 3 is 2.38 bits per heavy atom. The largest absolute Gasteiger partial charge is 0.480 e. The number of halogens is 2. The summed E-state index contributed by atoms with van der Waals surface area (Å²) in [5.41, 5.74) is 0.376. The van der Waals surface area contributed by atoms with Gasteiger partial charge in [0.05, 0.1) is 17.2 Å². The standard InChI is InChI=1S/C17H14Cl2O5/c1-2-22-17(21)11-3-6-13(7-4-11)24-16(20)10-23-15-8-5-12(18)9-14(15)19/h3-9H,2,10H2,1H3. The molecular weight excluding hydrogens is 355 g/mol. The van der Waals surface area contributed by atoms with Crippen molar-refractivity contribution in [3.05, 3.63) is 58.1 Å². The van der Waals surface area contributed by atoms with Gasteiger partial charge in [-0.1, -0.05) is 23.2 Å². The van der Waals surface area contributed by atoms with Crippen LogP contribution < -0.4 is 9.47 Å². The first-order valence-electron chi connectivity index (χ1n) is 7.05. The van der Waals surface area contributed by atoms with Gasteiger partial charge < -0.3 is 14.2 Å². The van der Waals surface area contributed by atoms with Crippen LogP contribution in [0, 0.1) is 0 Å². The summed E-state index contributed by atoms with van der Waals surface area (Å²) in [6, 6.07) is 10.7. The molecule has 0 saturated carbocycles. The van der Waals surface area contributed by atoms with E-state index in [1.807, 2.05) is 0 Å². The molecular formula is C17H14Cl2O5. The van der Waals surface area contributed by atoms with Crippen molar-refractivity contribution in [2.45, 2.75) is 6.92 Å². The average molecular weight is 369 g/mol. The van der Waals surface area contributed by atoms with Gasteiger partial charge in [-0.3, -0.25) is 0 Å². The molecule has 2 aromatic carbocycles. The molecule has 0 aliphatic heterocycles. The third-order valence-corrected chi connectivity index (χ3v) is 3.37. The molecule has 0 atom stereocenters. The molecule has 5 nitrogen and oxygen atoms in total. The number of benzene rings is 2. The van der Waals surface area contributed by atoms with Crippen LogP contribution in [0.3, 0.4) is 0 Å². The molecule has 0 bridgehead atoms. The Bertz CT molecular complexity index is 728. The molecule has 0 amide bonds. The van der Waals surface area contributed by atoms with E-state index in [0.717, 1.165) is 0 Å². The Labute approximate surface area is 149 Å². The van der Waals surface area contributed by atoms with E-state index in [1.54, 1.807) is 19.1 Å². The normalized spacial score (nSPS) is 10.1. The van der Waals surface area contributed by atoms with E-state index in [-0.39, 0.29) is 6.61 Å². The van der Waals surface area contributed by atoms with Crippen molar-refractivity contribution in [1.29, 1.82) is 0 Å². The monoisotopic (exact) mass is 368 g/mol. The number of hydrogen-bond donors (Lipinski definition) is 0. The summed E-state index contributed by atoms with van der Waals surface area (Å²) in [5, 5.41) is 0.769. The van der Waals surface area contributed by atoms with Gasteiger partial charge in [-0.15, -0.1) is 0 Å². The maximum absolute atomic E-state index is 11.8. The fraction of sp³-hybridized carbons (Fsp3) is 0.176. The van der Waals surface area contributed by atoms with E-state index in [4.69, 9.17) is 37.4 Å². The van der Waals surface area contributed by atoms with Crippen LogP contribution >= 0.6 is 23.2 Å². The SMILES string of the molecule is CCOC(=O)c1ccc(OC(=O)COc2ccc(Cl)cc2Cl)cc1. The quantitative estimate of drug-likeness (QED) is 0.565. The van der Waals surface area contributed by atoms with Gasteiger partial charge in [-0.05, 0) is 49.4 Å². The maximum atomic E-state index is 11.8. The Morgan fingerprint density at radius 2 is 1.75 bits per heavy atom. The zero-order valence-corrected chi connectivity index (χ0v) is 14.3. The van der Waals surface area contributed by atoms with E-state index in [1.165, 1.54) is 30.3 Å². The number of carbonyl (C=O) groups excluding carboxylic acids is 2. The number of carbonyl (C=O) groups is 2. The number of ether oxygens (including phenoxy) is 3. The minimum Gasteiger partial charge on any atom is -0.480 e. The summed E-state index contributed by atoms with van der Waals surface area (Å²) < 4.78 is 15.3. The van der Waals surface area contributed by atoms with Gasteiger partial charge >= 0.3 is 11.9 Å². The van der Waals surface area contributed by atoms with Gasteiger partial charge in [0.25, 0.3) is 0 Å². The highest BCUT2D eigenvalue weighted by Crippen LogP contribution is 2.27. The molecule has 24 heavy (non-hydrogen) atoms. The summed E-state index contributed by atoms with van der Waals surface area (Å²) >= 11 is 11.7. The lowest BCUT2D eigenvalue weighted by atomic mass is 10.2. The lowest BCUT2D eigenvalue weighted by Crippen LogP contribution is -2.17. The van der Waals surface area contributed by atoms with Gasteiger partial charge in [0.2, 0.25) is 0 Å².